The first kappa shape index (κ1) is 15.6. The zero-order valence-electron chi connectivity index (χ0n) is 12.0. The SMILES string of the molecule is Cc1ccccc1SCC(=O)NCC(O)c1ccccc1. The molecule has 2 N–H and O–H groups in total. The van der Waals surface area contributed by atoms with E-state index in [0.29, 0.717) is 5.75 Å². The van der Waals surface area contributed by atoms with Crippen LogP contribution in [0.4, 0.5) is 0 Å². The van der Waals surface area contributed by atoms with E-state index >= 15 is 0 Å². The van der Waals surface area contributed by atoms with Gasteiger partial charge in [-0.05, 0) is 24.1 Å². The Balaban J connectivity index is 1.76. The predicted molar refractivity (Wildman–Crippen MR) is 86.3 cm³/mol. The lowest BCUT2D eigenvalue weighted by Gasteiger charge is -2.12. The zero-order chi connectivity index (χ0) is 15.1. The number of carbonyl (C=O) groups is 1. The van der Waals surface area contributed by atoms with Gasteiger partial charge in [-0.15, -0.1) is 11.8 Å². The van der Waals surface area contributed by atoms with Crippen LogP contribution in [0.2, 0.25) is 0 Å². The summed E-state index contributed by atoms with van der Waals surface area (Å²) in [7, 11) is 0. The van der Waals surface area contributed by atoms with Gasteiger partial charge in [0.15, 0.2) is 0 Å². The Kier molecular flexibility index (Phi) is 5.84. The molecule has 0 saturated carbocycles. The van der Waals surface area contributed by atoms with E-state index in [1.165, 1.54) is 17.3 Å². The summed E-state index contributed by atoms with van der Waals surface area (Å²) in [6.45, 7) is 2.26. The third-order valence-electron chi connectivity index (χ3n) is 3.13. The zero-order valence-corrected chi connectivity index (χ0v) is 12.8. The largest absolute Gasteiger partial charge is 0.387 e. The van der Waals surface area contributed by atoms with Crippen LogP contribution in [0.3, 0.4) is 0 Å². The predicted octanol–water partition coefficient (Wildman–Crippen LogP) is 2.94. The van der Waals surface area contributed by atoms with Crippen molar-refractivity contribution in [2.24, 2.45) is 0 Å². The maximum atomic E-state index is 11.8. The van der Waals surface area contributed by atoms with Gasteiger partial charge in [0.1, 0.15) is 0 Å². The fourth-order valence-electron chi connectivity index (χ4n) is 1.92. The van der Waals surface area contributed by atoms with Crippen molar-refractivity contribution in [3.05, 3.63) is 65.7 Å². The summed E-state index contributed by atoms with van der Waals surface area (Å²) in [6, 6.07) is 17.3. The van der Waals surface area contributed by atoms with Gasteiger partial charge in [0, 0.05) is 11.4 Å². The van der Waals surface area contributed by atoms with Gasteiger partial charge in [-0.2, -0.15) is 0 Å². The molecule has 2 aromatic carbocycles. The minimum atomic E-state index is -0.668. The maximum Gasteiger partial charge on any atom is 0.230 e. The van der Waals surface area contributed by atoms with Crippen molar-refractivity contribution < 1.29 is 9.90 Å². The van der Waals surface area contributed by atoms with E-state index < -0.39 is 6.10 Å². The van der Waals surface area contributed by atoms with Crippen molar-refractivity contribution in [2.45, 2.75) is 17.9 Å². The molecule has 21 heavy (non-hydrogen) atoms. The molecule has 0 aliphatic rings. The average molecular weight is 301 g/mol. The molecule has 0 aliphatic carbocycles. The van der Waals surface area contributed by atoms with E-state index in [1.54, 1.807) is 0 Å². The van der Waals surface area contributed by atoms with Crippen molar-refractivity contribution in [3.63, 3.8) is 0 Å². The van der Waals surface area contributed by atoms with E-state index in [1.807, 2.05) is 61.5 Å². The van der Waals surface area contributed by atoms with Gasteiger partial charge in [-0.25, -0.2) is 0 Å². The topological polar surface area (TPSA) is 49.3 Å². The van der Waals surface area contributed by atoms with Crippen LogP contribution in [0.1, 0.15) is 17.2 Å². The van der Waals surface area contributed by atoms with Crippen LogP contribution in [0.25, 0.3) is 0 Å². The van der Waals surface area contributed by atoms with Crippen LogP contribution < -0.4 is 5.32 Å². The lowest BCUT2D eigenvalue weighted by Crippen LogP contribution is -2.29. The molecular formula is C17H19NO2S. The molecule has 0 spiro atoms. The molecule has 0 aromatic heterocycles. The average Bonchev–Trinajstić information content (AvgIpc) is 2.52. The number of carbonyl (C=O) groups excluding carboxylic acids is 1. The molecule has 3 nitrogen and oxygen atoms in total. The number of rotatable bonds is 6. The Morgan fingerprint density at radius 2 is 1.81 bits per heavy atom. The third-order valence-corrected chi connectivity index (χ3v) is 4.30. The van der Waals surface area contributed by atoms with E-state index in [4.69, 9.17) is 0 Å². The number of aliphatic hydroxyl groups is 1. The monoisotopic (exact) mass is 301 g/mol. The smallest absolute Gasteiger partial charge is 0.230 e. The molecule has 2 rings (SSSR count). The number of aliphatic hydroxyl groups excluding tert-OH is 1. The number of thioether (sulfide) groups is 1. The van der Waals surface area contributed by atoms with Crippen molar-refractivity contribution in [1.29, 1.82) is 0 Å². The number of hydrogen-bond acceptors (Lipinski definition) is 3. The first-order valence-corrected chi connectivity index (χ1v) is 7.83. The van der Waals surface area contributed by atoms with Crippen LogP contribution in [0.5, 0.6) is 0 Å². The first-order chi connectivity index (χ1) is 10.2. The molecule has 4 heteroatoms. The normalized spacial score (nSPS) is 11.9. The van der Waals surface area contributed by atoms with Crippen LogP contribution >= 0.6 is 11.8 Å². The number of nitrogens with one attached hydrogen (secondary N) is 1. The maximum absolute atomic E-state index is 11.8. The van der Waals surface area contributed by atoms with Gasteiger partial charge in [-0.1, -0.05) is 48.5 Å². The molecule has 2 aromatic rings. The van der Waals surface area contributed by atoms with E-state index in [-0.39, 0.29) is 12.5 Å². The first-order valence-electron chi connectivity index (χ1n) is 6.85. The summed E-state index contributed by atoms with van der Waals surface area (Å²) in [5, 5.41) is 12.7. The molecule has 0 radical (unpaired) electrons. The number of aryl methyl sites for hydroxylation is 1. The molecule has 0 bridgehead atoms. The van der Waals surface area contributed by atoms with Crippen molar-refractivity contribution >= 4 is 17.7 Å². The molecule has 0 saturated heterocycles. The Labute approximate surface area is 129 Å². The standard InChI is InChI=1S/C17H19NO2S/c1-13-7-5-6-10-16(13)21-12-17(20)18-11-15(19)14-8-3-2-4-9-14/h2-10,15,19H,11-12H2,1H3,(H,18,20). The lowest BCUT2D eigenvalue weighted by atomic mass is 10.1. The highest BCUT2D eigenvalue weighted by atomic mass is 32.2. The highest BCUT2D eigenvalue weighted by molar-refractivity contribution is 8.00. The molecule has 0 aliphatic heterocycles. The van der Waals surface area contributed by atoms with Crippen molar-refractivity contribution in [1.82, 2.24) is 5.32 Å². The summed E-state index contributed by atoms with van der Waals surface area (Å²) in [6.07, 6.45) is -0.668. The van der Waals surface area contributed by atoms with Gasteiger partial charge < -0.3 is 10.4 Å². The summed E-state index contributed by atoms with van der Waals surface area (Å²) >= 11 is 1.51. The highest BCUT2D eigenvalue weighted by Gasteiger charge is 2.09. The van der Waals surface area contributed by atoms with Crippen LogP contribution in [-0.2, 0) is 4.79 Å². The summed E-state index contributed by atoms with van der Waals surface area (Å²) in [5.74, 6) is 0.282. The van der Waals surface area contributed by atoms with Gasteiger partial charge in [0.25, 0.3) is 0 Å². The molecule has 0 heterocycles. The number of benzene rings is 2. The second-order valence-corrected chi connectivity index (χ2v) is 5.80. The Bertz CT molecular complexity index is 586. The van der Waals surface area contributed by atoms with Crippen molar-refractivity contribution in [2.75, 3.05) is 12.3 Å². The molecule has 0 fully saturated rings. The molecule has 110 valence electrons. The van der Waals surface area contributed by atoms with Crippen molar-refractivity contribution in [3.8, 4) is 0 Å². The highest BCUT2D eigenvalue weighted by Crippen LogP contribution is 2.21. The van der Waals surface area contributed by atoms with E-state index in [0.717, 1.165) is 10.5 Å². The lowest BCUT2D eigenvalue weighted by molar-refractivity contribution is -0.119. The second kappa shape index (κ2) is 7.86. The fraction of sp³-hybridized carbons (Fsp3) is 0.235. The van der Waals surface area contributed by atoms with E-state index in [9.17, 15) is 9.90 Å². The molecular weight excluding hydrogens is 282 g/mol. The van der Waals surface area contributed by atoms with Gasteiger partial charge in [0.2, 0.25) is 5.91 Å². The summed E-state index contributed by atoms with van der Waals surface area (Å²) < 4.78 is 0. The summed E-state index contributed by atoms with van der Waals surface area (Å²) in [5.41, 5.74) is 1.98. The van der Waals surface area contributed by atoms with Gasteiger partial charge >= 0.3 is 0 Å². The van der Waals surface area contributed by atoms with Gasteiger partial charge in [0.05, 0.1) is 11.9 Å². The van der Waals surface area contributed by atoms with Crippen LogP contribution in [0, 0.1) is 6.92 Å². The Hall–Kier alpha value is -1.78. The second-order valence-electron chi connectivity index (χ2n) is 4.78. The molecule has 1 amide bonds. The molecule has 1 atom stereocenters. The van der Waals surface area contributed by atoms with Gasteiger partial charge in [-0.3, -0.25) is 4.79 Å². The van der Waals surface area contributed by atoms with Crippen LogP contribution in [-0.4, -0.2) is 23.3 Å². The number of amides is 1. The van der Waals surface area contributed by atoms with Crippen LogP contribution in [0.15, 0.2) is 59.5 Å². The number of hydrogen-bond donors (Lipinski definition) is 2. The quantitative estimate of drug-likeness (QED) is 0.807. The molecule has 1 unspecified atom stereocenters. The fourth-order valence-corrected chi connectivity index (χ4v) is 2.78. The Morgan fingerprint density at radius 1 is 1.14 bits per heavy atom. The third kappa shape index (κ3) is 4.92. The minimum Gasteiger partial charge on any atom is -0.387 e. The Morgan fingerprint density at radius 3 is 2.52 bits per heavy atom. The van der Waals surface area contributed by atoms with E-state index in [2.05, 4.69) is 5.32 Å². The summed E-state index contributed by atoms with van der Waals surface area (Å²) in [4.78, 5) is 12.9. The minimum absolute atomic E-state index is 0.0711.